The topological polar surface area (TPSA) is 70.6 Å². The van der Waals surface area contributed by atoms with Gasteiger partial charge in [0.25, 0.3) is 0 Å². The Labute approximate surface area is 99.9 Å². The minimum atomic E-state index is -0.0960. The molecule has 4 nitrogen and oxygen atoms in total. The quantitative estimate of drug-likeness (QED) is 0.176. The van der Waals surface area contributed by atoms with E-state index in [4.69, 9.17) is 10.9 Å². The molecule has 1 aromatic rings. The van der Waals surface area contributed by atoms with Crippen LogP contribution >= 0.6 is 11.8 Å². The molecule has 0 aliphatic heterocycles. The summed E-state index contributed by atoms with van der Waals surface area (Å²) in [7, 11) is 0. The predicted molar refractivity (Wildman–Crippen MR) is 68.0 cm³/mol. The van der Waals surface area contributed by atoms with Crippen molar-refractivity contribution in [3.8, 4) is 0 Å². The van der Waals surface area contributed by atoms with Crippen LogP contribution in [0.25, 0.3) is 0 Å². The fourth-order valence-corrected chi connectivity index (χ4v) is 1.96. The number of oxime groups is 1. The van der Waals surface area contributed by atoms with Crippen molar-refractivity contribution in [3.63, 3.8) is 0 Å². The second kappa shape index (κ2) is 7.14. The van der Waals surface area contributed by atoms with Gasteiger partial charge in [0.15, 0.2) is 5.84 Å². The van der Waals surface area contributed by atoms with E-state index in [0.717, 1.165) is 12.3 Å². The van der Waals surface area contributed by atoms with Crippen molar-refractivity contribution >= 4 is 17.6 Å². The Hall–Kier alpha value is -1.20. The lowest BCUT2D eigenvalue weighted by Crippen LogP contribution is -2.39. The number of benzene rings is 1. The lowest BCUT2D eigenvalue weighted by atomic mass is 10.3. The monoisotopic (exact) mass is 239 g/mol. The van der Waals surface area contributed by atoms with Gasteiger partial charge in [-0.1, -0.05) is 23.4 Å². The zero-order valence-electron chi connectivity index (χ0n) is 9.26. The molecule has 0 saturated carbocycles. The minimum Gasteiger partial charge on any atom is -0.409 e. The number of rotatable bonds is 6. The number of nitrogens with one attached hydrogen (secondary N) is 1. The van der Waals surface area contributed by atoms with Crippen LogP contribution in [0.4, 0.5) is 0 Å². The molecular weight excluding hydrogens is 222 g/mol. The van der Waals surface area contributed by atoms with Crippen molar-refractivity contribution < 1.29 is 5.21 Å². The fourth-order valence-electron chi connectivity index (χ4n) is 1.15. The first-order valence-electron chi connectivity index (χ1n) is 5.12. The van der Waals surface area contributed by atoms with Gasteiger partial charge < -0.3 is 16.3 Å². The number of amidine groups is 1. The van der Waals surface area contributed by atoms with E-state index in [9.17, 15) is 0 Å². The summed E-state index contributed by atoms with van der Waals surface area (Å²) in [6, 6.07) is 10.1. The average molecular weight is 239 g/mol. The van der Waals surface area contributed by atoms with Crippen molar-refractivity contribution in [2.45, 2.75) is 17.9 Å². The molecule has 0 heterocycles. The van der Waals surface area contributed by atoms with Gasteiger partial charge in [-0.15, -0.1) is 11.8 Å². The molecule has 0 amide bonds. The SMILES string of the molecule is CC(NCCSc1ccccc1)C(N)=NO. The lowest BCUT2D eigenvalue weighted by Gasteiger charge is -2.11. The Balaban J connectivity index is 2.17. The van der Waals surface area contributed by atoms with Crippen molar-refractivity contribution in [1.82, 2.24) is 5.32 Å². The maximum Gasteiger partial charge on any atom is 0.156 e. The number of nitrogens with two attached hydrogens (primary N) is 1. The first-order valence-corrected chi connectivity index (χ1v) is 6.11. The first kappa shape index (κ1) is 12.9. The summed E-state index contributed by atoms with van der Waals surface area (Å²) in [5.41, 5.74) is 5.44. The summed E-state index contributed by atoms with van der Waals surface area (Å²) in [6.45, 7) is 2.68. The Morgan fingerprint density at radius 3 is 2.81 bits per heavy atom. The second-order valence-electron chi connectivity index (χ2n) is 3.36. The van der Waals surface area contributed by atoms with E-state index in [2.05, 4.69) is 22.6 Å². The molecule has 4 N–H and O–H groups in total. The molecule has 0 fully saturated rings. The summed E-state index contributed by atoms with van der Waals surface area (Å²) in [6.07, 6.45) is 0. The zero-order chi connectivity index (χ0) is 11.8. The van der Waals surface area contributed by atoms with Crippen LogP contribution in [0.1, 0.15) is 6.92 Å². The minimum absolute atomic E-state index is 0.0960. The number of hydrogen-bond donors (Lipinski definition) is 3. The zero-order valence-corrected chi connectivity index (χ0v) is 10.1. The molecule has 0 bridgehead atoms. The second-order valence-corrected chi connectivity index (χ2v) is 4.53. The van der Waals surface area contributed by atoms with Gasteiger partial charge in [-0.25, -0.2) is 0 Å². The lowest BCUT2D eigenvalue weighted by molar-refractivity contribution is 0.315. The number of thioether (sulfide) groups is 1. The summed E-state index contributed by atoms with van der Waals surface area (Å²) in [5, 5.41) is 14.6. The third kappa shape index (κ3) is 4.55. The molecular formula is C11H17N3OS. The Kier molecular flexibility index (Phi) is 5.74. The number of hydrogen-bond acceptors (Lipinski definition) is 4. The van der Waals surface area contributed by atoms with Gasteiger partial charge >= 0.3 is 0 Å². The van der Waals surface area contributed by atoms with Crippen molar-refractivity contribution in [1.29, 1.82) is 0 Å². The van der Waals surface area contributed by atoms with E-state index in [1.54, 1.807) is 11.8 Å². The fraction of sp³-hybridized carbons (Fsp3) is 0.364. The molecule has 0 spiro atoms. The molecule has 1 rings (SSSR count). The smallest absolute Gasteiger partial charge is 0.156 e. The highest BCUT2D eigenvalue weighted by Crippen LogP contribution is 2.15. The molecule has 1 aromatic carbocycles. The van der Waals surface area contributed by atoms with Crippen LogP contribution in [-0.4, -0.2) is 29.4 Å². The number of nitrogens with zero attached hydrogens (tertiary/aromatic N) is 1. The molecule has 16 heavy (non-hydrogen) atoms. The molecule has 0 aromatic heterocycles. The standard InChI is InChI=1S/C11H17N3OS/c1-9(11(12)14-15)13-7-8-16-10-5-3-2-4-6-10/h2-6,9,13,15H,7-8H2,1H3,(H2,12,14). The highest BCUT2D eigenvalue weighted by Gasteiger charge is 2.05. The van der Waals surface area contributed by atoms with Gasteiger partial charge in [0, 0.05) is 17.2 Å². The highest BCUT2D eigenvalue weighted by atomic mass is 32.2. The van der Waals surface area contributed by atoms with Crippen LogP contribution < -0.4 is 11.1 Å². The van der Waals surface area contributed by atoms with E-state index >= 15 is 0 Å². The molecule has 0 aliphatic rings. The van der Waals surface area contributed by atoms with Crippen LogP contribution in [0.2, 0.25) is 0 Å². The summed E-state index contributed by atoms with van der Waals surface area (Å²) in [4.78, 5) is 1.25. The summed E-state index contributed by atoms with van der Waals surface area (Å²) >= 11 is 1.78. The van der Waals surface area contributed by atoms with Gasteiger partial charge in [0.1, 0.15) is 0 Å². The summed E-state index contributed by atoms with van der Waals surface area (Å²) in [5.74, 6) is 1.16. The molecule has 0 radical (unpaired) electrons. The third-order valence-corrected chi connectivity index (χ3v) is 3.14. The van der Waals surface area contributed by atoms with E-state index in [0.29, 0.717) is 0 Å². The molecule has 0 aliphatic carbocycles. The molecule has 1 unspecified atom stereocenters. The van der Waals surface area contributed by atoms with Crippen molar-refractivity contribution in [2.24, 2.45) is 10.9 Å². The normalized spacial score (nSPS) is 13.7. The Morgan fingerprint density at radius 1 is 1.50 bits per heavy atom. The van der Waals surface area contributed by atoms with Crippen molar-refractivity contribution in [3.05, 3.63) is 30.3 Å². The third-order valence-electron chi connectivity index (χ3n) is 2.12. The highest BCUT2D eigenvalue weighted by molar-refractivity contribution is 7.99. The molecule has 5 heteroatoms. The van der Waals surface area contributed by atoms with Crippen LogP contribution in [0, 0.1) is 0 Å². The predicted octanol–water partition coefficient (Wildman–Crippen LogP) is 1.50. The molecule has 1 atom stereocenters. The van der Waals surface area contributed by atoms with Crippen LogP contribution in [0.5, 0.6) is 0 Å². The molecule has 88 valence electrons. The van der Waals surface area contributed by atoms with E-state index in [1.807, 2.05) is 25.1 Å². The van der Waals surface area contributed by atoms with E-state index < -0.39 is 0 Å². The maximum atomic E-state index is 8.46. The van der Waals surface area contributed by atoms with Gasteiger partial charge in [-0.05, 0) is 19.1 Å². The largest absolute Gasteiger partial charge is 0.409 e. The van der Waals surface area contributed by atoms with Crippen LogP contribution in [-0.2, 0) is 0 Å². The van der Waals surface area contributed by atoms with E-state index in [1.165, 1.54) is 4.90 Å². The average Bonchev–Trinajstić information content (AvgIpc) is 2.34. The van der Waals surface area contributed by atoms with Gasteiger partial charge in [-0.3, -0.25) is 0 Å². The summed E-state index contributed by atoms with van der Waals surface area (Å²) < 4.78 is 0. The maximum absolute atomic E-state index is 8.46. The van der Waals surface area contributed by atoms with Gasteiger partial charge in [0.2, 0.25) is 0 Å². The Bertz CT molecular complexity index is 329. The van der Waals surface area contributed by atoms with Crippen LogP contribution in [0.15, 0.2) is 40.4 Å². The van der Waals surface area contributed by atoms with E-state index in [-0.39, 0.29) is 11.9 Å². The van der Waals surface area contributed by atoms with Crippen LogP contribution in [0.3, 0.4) is 0 Å². The van der Waals surface area contributed by atoms with Crippen molar-refractivity contribution in [2.75, 3.05) is 12.3 Å². The first-order chi connectivity index (χ1) is 7.74. The van der Waals surface area contributed by atoms with Gasteiger partial charge in [0.05, 0.1) is 6.04 Å². The van der Waals surface area contributed by atoms with Gasteiger partial charge in [-0.2, -0.15) is 0 Å². The molecule has 0 saturated heterocycles. The Morgan fingerprint density at radius 2 is 2.19 bits per heavy atom.